The second-order valence-electron chi connectivity index (χ2n) is 7.11. The molecule has 130 valence electrons. The van der Waals surface area contributed by atoms with Crippen molar-refractivity contribution in [3.05, 3.63) is 44.8 Å². The van der Waals surface area contributed by atoms with Gasteiger partial charge in [-0.25, -0.2) is 4.79 Å². The molecule has 2 heterocycles. The average Bonchev–Trinajstić information content (AvgIpc) is 2.51. The lowest BCUT2D eigenvalue weighted by Gasteiger charge is -2.39. The fourth-order valence-corrected chi connectivity index (χ4v) is 3.71. The number of hydrogen-bond donors (Lipinski definition) is 0. The Labute approximate surface area is 148 Å². The third kappa shape index (κ3) is 3.51. The molecule has 0 radical (unpaired) electrons. The van der Waals surface area contributed by atoms with Gasteiger partial charge in [-0.1, -0.05) is 11.6 Å². The zero-order valence-electron chi connectivity index (χ0n) is 14.8. The van der Waals surface area contributed by atoms with Crippen molar-refractivity contribution in [2.75, 3.05) is 20.6 Å². The molecule has 0 amide bonds. The highest BCUT2D eigenvalue weighted by Crippen LogP contribution is 2.27. The number of hydrogen-bond acceptors (Lipinski definition) is 4. The molecule has 1 saturated heterocycles. The summed E-state index contributed by atoms with van der Waals surface area (Å²) in [6.45, 7) is 6.02. The van der Waals surface area contributed by atoms with Crippen molar-refractivity contribution in [3.63, 3.8) is 0 Å². The standard InChI is InChI=1S/C19H25ClN2O2/c1-12-7-18-16(10-17(12)20)14(9-19(23)24-18)11-22(4)15-5-6-21(3)13(2)8-15/h7,9-10,13,15H,5-6,8,11H2,1-4H3/t13-,15+/m1/s1. The van der Waals surface area contributed by atoms with Crippen LogP contribution < -0.4 is 5.63 Å². The summed E-state index contributed by atoms with van der Waals surface area (Å²) in [6.07, 6.45) is 2.29. The number of nitrogens with zero attached hydrogens (tertiary/aromatic N) is 2. The van der Waals surface area contributed by atoms with E-state index in [1.807, 2.05) is 19.1 Å². The smallest absolute Gasteiger partial charge is 0.336 e. The van der Waals surface area contributed by atoms with Crippen LogP contribution in [0.3, 0.4) is 0 Å². The zero-order valence-corrected chi connectivity index (χ0v) is 15.6. The maximum absolute atomic E-state index is 11.9. The Morgan fingerprint density at radius 1 is 1.38 bits per heavy atom. The Balaban J connectivity index is 1.89. The molecule has 0 spiro atoms. The Kier molecular flexibility index (Phi) is 5.00. The lowest BCUT2D eigenvalue weighted by atomic mass is 9.97. The summed E-state index contributed by atoms with van der Waals surface area (Å²) < 4.78 is 5.36. The van der Waals surface area contributed by atoms with E-state index in [9.17, 15) is 4.79 Å². The molecular formula is C19H25ClN2O2. The fraction of sp³-hybridized carbons (Fsp3) is 0.526. The molecule has 0 unspecified atom stereocenters. The first kappa shape index (κ1) is 17.5. The molecule has 4 nitrogen and oxygen atoms in total. The van der Waals surface area contributed by atoms with Gasteiger partial charge >= 0.3 is 5.63 Å². The van der Waals surface area contributed by atoms with Crippen LogP contribution in [0.2, 0.25) is 5.02 Å². The Hall–Kier alpha value is -1.36. The van der Waals surface area contributed by atoms with E-state index in [1.54, 1.807) is 6.07 Å². The van der Waals surface area contributed by atoms with Crippen molar-refractivity contribution >= 4 is 22.6 Å². The largest absolute Gasteiger partial charge is 0.423 e. The zero-order chi connectivity index (χ0) is 17.4. The highest BCUT2D eigenvalue weighted by molar-refractivity contribution is 6.32. The molecule has 1 fully saturated rings. The van der Waals surface area contributed by atoms with Gasteiger partial charge in [-0.3, -0.25) is 4.90 Å². The Morgan fingerprint density at radius 2 is 2.12 bits per heavy atom. The van der Waals surface area contributed by atoms with Crippen LogP contribution in [0.1, 0.15) is 30.9 Å². The highest BCUT2D eigenvalue weighted by atomic mass is 35.5. The summed E-state index contributed by atoms with van der Waals surface area (Å²) in [5.41, 5.74) is 2.22. The number of piperidine rings is 1. The maximum Gasteiger partial charge on any atom is 0.336 e. The van der Waals surface area contributed by atoms with Gasteiger partial charge in [0.1, 0.15) is 5.58 Å². The predicted molar refractivity (Wildman–Crippen MR) is 98.8 cm³/mol. The minimum Gasteiger partial charge on any atom is -0.423 e. The van der Waals surface area contributed by atoms with E-state index >= 15 is 0 Å². The first-order valence-corrected chi connectivity index (χ1v) is 8.86. The Morgan fingerprint density at radius 3 is 2.83 bits per heavy atom. The van der Waals surface area contributed by atoms with Crippen LogP contribution in [-0.2, 0) is 6.54 Å². The molecule has 1 aliphatic heterocycles. The number of fused-ring (bicyclic) bond motifs is 1. The minimum absolute atomic E-state index is 0.302. The van der Waals surface area contributed by atoms with Crippen LogP contribution in [0.4, 0.5) is 0 Å². The van der Waals surface area contributed by atoms with Crippen molar-refractivity contribution in [2.45, 2.75) is 45.3 Å². The number of rotatable bonds is 3. The van der Waals surface area contributed by atoms with Crippen LogP contribution in [0.15, 0.2) is 27.4 Å². The van der Waals surface area contributed by atoms with Gasteiger partial charge in [0.05, 0.1) is 0 Å². The topological polar surface area (TPSA) is 36.7 Å². The van der Waals surface area contributed by atoms with Gasteiger partial charge in [-0.05, 0) is 70.6 Å². The molecule has 24 heavy (non-hydrogen) atoms. The van der Waals surface area contributed by atoms with Crippen molar-refractivity contribution in [2.24, 2.45) is 0 Å². The van der Waals surface area contributed by atoms with Gasteiger partial charge in [-0.15, -0.1) is 0 Å². The quantitative estimate of drug-likeness (QED) is 0.793. The van der Waals surface area contributed by atoms with Crippen molar-refractivity contribution in [3.8, 4) is 0 Å². The summed E-state index contributed by atoms with van der Waals surface area (Å²) in [5.74, 6) is 0. The highest BCUT2D eigenvalue weighted by Gasteiger charge is 2.26. The third-order valence-electron chi connectivity index (χ3n) is 5.33. The van der Waals surface area contributed by atoms with Crippen LogP contribution >= 0.6 is 11.6 Å². The molecule has 0 bridgehead atoms. The van der Waals surface area contributed by atoms with Gasteiger partial charge in [0.2, 0.25) is 0 Å². The van der Waals surface area contributed by atoms with E-state index in [2.05, 4.69) is 30.8 Å². The number of likely N-dealkylation sites (tertiary alicyclic amines) is 1. The molecule has 2 aromatic rings. The third-order valence-corrected chi connectivity index (χ3v) is 5.74. The number of halogens is 1. The first-order chi connectivity index (χ1) is 11.3. The van der Waals surface area contributed by atoms with E-state index in [1.165, 1.54) is 0 Å². The molecule has 1 aromatic heterocycles. The van der Waals surface area contributed by atoms with E-state index in [4.69, 9.17) is 16.0 Å². The lowest BCUT2D eigenvalue weighted by molar-refractivity contribution is 0.101. The molecule has 2 atom stereocenters. The van der Waals surface area contributed by atoms with Crippen molar-refractivity contribution in [1.82, 2.24) is 9.80 Å². The lowest BCUT2D eigenvalue weighted by Crippen LogP contribution is -2.46. The van der Waals surface area contributed by atoms with Crippen LogP contribution in [-0.4, -0.2) is 42.5 Å². The number of benzene rings is 1. The van der Waals surface area contributed by atoms with Crippen LogP contribution in [0.25, 0.3) is 11.0 Å². The predicted octanol–water partition coefficient (Wildman–Crippen LogP) is 3.67. The van der Waals surface area contributed by atoms with Crippen molar-refractivity contribution < 1.29 is 4.42 Å². The maximum atomic E-state index is 11.9. The van der Waals surface area contributed by atoms with E-state index in [-0.39, 0.29) is 5.63 Å². The van der Waals surface area contributed by atoms with E-state index < -0.39 is 0 Å². The van der Waals surface area contributed by atoms with Crippen LogP contribution in [0.5, 0.6) is 0 Å². The fourth-order valence-electron chi connectivity index (χ4n) is 3.54. The van der Waals surface area contributed by atoms with Gasteiger partial charge in [0, 0.05) is 35.1 Å². The average molecular weight is 349 g/mol. The van der Waals surface area contributed by atoms with Crippen LogP contribution in [0, 0.1) is 6.92 Å². The SMILES string of the molecule is Cc1cc2oc(=O)cc(CN(C)[C@H]3CCN(C)[C@H](C)C3)c2cc1Cl. The monoisotopic (exact) mass is 348 g/mol. The van der Waals surface area contributed by atoms with E-state index in [0.29, 0.717) is 22.7 Å². The summed E-state index contributed by atoms with van der Waals surface area (Å²) in [7, 11) is 4.32. The molecule has 3 rings (SSSR count). The van der Waals surface area contributed by atoms with Gasteiger partial charge in [0.25, 0.3) is 0 Å². The molecule has 0 saturated carbocycles. The summed E-state index contributed by atoms with van der Waals surface area (Å²) in [4.78, 5) is 16.7. The first-order valence-electron chi connectivity index (χ1n) is 8.48. The van der Waals surface area contributed by atoms with E-state index in [0.717, 1.165) is 42.4 Å². The normalized spacial score (nSPS) is 22.4. The molecule has 0 N–H and O–H groups in total. The van der Waals surface area contributed by atoms with Gasteiger partial charge in [-0.2, -0.15) is 0 Å². The molecule has 5 heteroatoms. The second kappa shape index (κ2) is 6.87. The molecule has 1 aliphatic rings. The summed E-state index contributed by atoms with van der Waals surface area (Å²) in [5, 5.41) is 1.63. The molecule has 0 aliphatic carbocycles. The van der Waals surface area contributed by atoms with Gasteiger partial charge in [0.15, 0.2) is 0 Å². The summed E-state index contributed by atoms with van der Waals surface area (Å²) >= 11 is 6.28. The molecule has 1 aromatic carbocycles. The second-order valence-corrected chi connectivity index (χ2v) is 7.52. The molecular weight excluding hydrogens is 324 g/mol. The number of aryl methyl sites for hydroxylation is 1. The van der Waals surface area contributed by atoms with Gasteiger partial charge < -0.3 is 9.32 Å². The summed E-state index contributed by atoms with van der Waals surface area (Å²) in [6, 6.07) is 6.47. The Bertz CT molecular complexity index is 802. The van der Waals surface area contributed by atoms with Crippen molar-refractivity contribution in [1.29, 1.82) is 0 Å². The minimum atomic E-state index is -0.302.